The molecule has 0 unspecified atom stereocenters. The average Bonchev–Trinajstić information content (AvgIpc) is 4.17. The molecule has 4 heterocycles. The molecule has 3 aliphatic heterocycles. The van der Waals surface area contributed by atoms with Crippen LogP contribution in [0.1, 0.15) is 108 Å². The van der Waals surface area contributed by atoms with E-state index in [1.807, 2.05) is 42.5 Å². The van der Waals surface area contributed by atoms with Gasteiger partial charge in [0.05, 0.1) is 36.7 Å². The number of benzene rings is 2. The molecule has 0 radical (unpaired) electrons. The van der Waals surface area contributed by atoms with Gasteiger partial charge in [-0.25, -0.2) is 18.2 Å². The topological polar surface area (TPSA) is 182 Å². The van der Waals surface area contributed by atoms with E-state index in [9.17, 15) is 27.6 Å². The third-order valence-electron chi connectivity index (χ3n) is 12.9. The Bertz CT molecular complexity index is 2200. The maximum atomic E-state index is 14.7. The van der Waals surface area contributed by atoms with E-state index < -0.39 is 62.8 Å². The van der Waals surface area contributed by atoms with Crippen molar-refractivity contribution in [1.29, 1.82) is 0 Å². The first kappa shape index (κ1) is 41.8. The fourth-order valence-electron chi connectivity index (χ4n) is 9.24. The highest BCUT2D eigenvalue weighted by Gasteiger charge is 2.62. The van der Waals surface area contributed by atoms with Crippen LogP contribution in [0.4, 0.5) is 4.79 Å². The monoisotopic (exact) mass is 843 g/mol. The summed E-state index contributed by atoms with van der Waals surface area (Å²) in [6, 6.07) is 13.6. The lowest BCUT2D eigenvalue weighted by Crippen LogP contribution is -2.58. The molecule has 2 saturated heterocycles. The van der Waals surface area contributed by atoms with E-state index in [2.05, 4.69) is 21.4 Å². The second kappa shape index (κ2) is 18.0. The molecule has 4 amide bonds. The number of fused-ring (bicyclic) bond motifs is 4. The summed E-state index contributed by atoms with van der Waals surface area (Å²) in [5.41, 5.74) is 1.84. The third-order valence-corrected chi connectivity index (χ3v) is 14.7. The lowest BCUT2D eigenvalue weighted by atomic mass is 10.0. The van der Waals surface area contributed by atoms with Crippen LogP contribution in [0.2, 0.25) is 0 Å². The van der Waals surface area contributed by atoms with E-state index in [1.54, 1.807) is 7.11 Å². The van der Waals surface area contributed by atoms with E-state index in [0.29, 0.717) is 61.9 Å². The van der Waals surface area contributed by atoms with Crippen LogP contribution < -0.4 is 24.8 Å². The number of rotatable bonds is 5. The Balaban J connectivity index is 1.17. The molecule has 8 rings (SSSR count). The Morgan fingerprint density at radius 3 is 2.42 bits per heavy atom. The van der Waals surface area contributed by atoms with E-state index in [0.717, 1.165) is 80.1 Å². The number of carbonyl (C=O) groups is 4. The van der Waals surface area contributed by atoms with Crippen molar-refractivity contribution in [3.05, 3.63) is 54.1 Å². The van der Waals surface area contributed by atoms with Crippen molar-refractivity contribution in [2.75, 3.05) is 20.3 Å². The maximum Gasteiger partial charge on any atom is 0.407 e. The number of sulfonamides is 1. The molecule has 3 N–H and O–H groups in total. The summed E-state index contributed by atoms with van der Waals surface area (Å²) in [7, 11) is -2.22. The number of hydrogen-bond acceptors (Lipinski definition) is 10. The number of nitrogens with one attached hydrogen (secondary N) is 3. The van der Waals surface area contributed by atoms with Gasteiger partial charge >= 0.3 is 6.09 Å². The molecular formula is C45H57N5O9S. The number of aryl methyl sites for hydroxylation is 1. The van der Waals surface area contributed by atoms with Gasteiger partial charge in [0.2, 0.25) is 21.8 Å². The Morgan fingerprint density at radius 1 is 0.917 bits per heavy atom. The molecule has 322 valence electrons. The number of cyclic esters (lactones) is 1. The molecule has 5 bridgehead atoms. The molecule has 14 nitrogen and oxygen atoms in total. The summed E-state index contributed by atoms with van der Waals surface area (Å²) in [6.45, 7) is 0.245. The van der Waals surface area contributed by atoms with Crippen molar-refractivity contribution in [2.24, 2.45) is 5.92 Å². The van der Waals surface area contributed by atoms with Gasteiger partial charge in [-0.05, 0) is 68.9 Å². The zero-order chi connectivity index (χ0) is 41.9. The van der Waals surface area contributed by atoms with Gasteiger partial charge in [0, 0.05) is 29.5 Å². The predicted octanol–water partition coefficient (Wildman–Crippen LogP) is 6.09. The highest BCUT2D eigenvalue weighted by Crippen LogP contribution is 2.48. The Labute approximate surface area is 351 Å². The predicted molar refractivity (Wildman–Crippen MR) is 225 cm³/mol. The molecule has 0 spiro atoms. The lowest BCUT2D eigenvalue weighted by Gasteiger charge is -2.29. The van der Waals surface area contributed by atoms with Crippen LogP contribution in [-0.4, -0.2) is 91.4 Å². The molecule has 4 fully saturated rings. The summed E-state index contributed by atoms with van der Waals surface area (Å²) in [6.07, 6.45) is 10.3. The van der Waals surface area contributed by atoms with Crippen LogP contribution in [0.15, 0.2) is 48.5 Å². The van der Waals surface area contributed by atoms with Gasteiger partial charge in [-0.15, -0.1) is 0 Å². The number of pyridine rings is 1. The van der Waals surface area contributed by atoms with Crippen LogP contribution >= 0.6 is 0 Å². The fraction of sp³-hybridized carbons (Fsp3) is 0.578. The second-order valence-electron chi connectivity index (χ2n) is 17.3. The molecule has 1 aromatic heterocycles. The number of ether oxygens (including phenoxy) is 3. The van der Waals surface area contributed by atoms with Gasteiger partial charge in [0.25, 0.3) is 5.91 Å². The average molecular weight is 844 g/mol. The molecule has 3 aromatic rings. The van der Waals surface area contributed by atoms with Crippen LogP contribution in [0.3, 0.4) is 0 Å². The Hall–Kier alpha value is -4.92. The summed E-state index contributed by atoms with van der Waals surface area (Å²) in [5.74, 6) is -0.712. The molecule has 5 atom stereocenters. The first-order valence-corrected chi connectivity index (χ1v) is 23.4. The summed E-state index contributed by atoms with van der Waals surface area (Å²) in [5, 5.41) is 5.98. The molecule has 5 aliphatic rings. The minimum atomic E-state index is -3.88. The van der Waals surface area contributed by atoms with E-state index in [4.69, 9.17) is 19.2 Å². The number of aromatic nitrogens is 1. The summed E-state index contributed by atoms with van der Waals surface area (Å²) < 4.78 is 46.6. The lowest BCUT2D eigenvalue weighted by molar-refractivity contribution is -0.141. The molecular weight excluding hydrogens is 787 g/mol. The van der Waals surface area contributed by atoms with Gasteiger partial charge in [-0.3, -0.25) is 19.1 Å². The van der Waals surface area contributed by atoms with Crippen LogP contribution in [-0.2, 0) is 35.6 Å². The Morgan fingerprint density at radius 2 is 1.65 bits per heavy atom. The van der Waals surface area contributed by atoms with E-state index >= 15 is 0 Å². The van der Waals surface area contributed by atoms with Crippen LogP contribution in [0, 0.1) is 5.92 Å². The zero-order valence-electron chi connectivity index (χ0n) is 34.4. The highest BCUT2D eigenvalue weighted by molar-refractivity contribution is 7.91. The van der Waals surface area contributed by atoms with Gasteiger partial charge in [-0.1, -0.05) is 81.7 Å². The van der Waals surface area contributed by atoms with Crippen LogP contribution in [0.25, 0.3) is 22.2 Å². The largest absolute Gasteiger partial charge is 0.496 e. The fourth-order valence-corrected chi connectivity index (χ4v) is 10.6. The van der Waals surface area contributed by atoms with Gasteiger partial charge in [0.15, 0.2) is 0 Å². The summed E-state index contributed by atoms with van der Waals surface area (Å²) >= 11 is 0. The minimum Gasteiger partial charge on any atom is -0.496 e. The highest BCUT2D eigenvalue weighted by atomic mass is 32.2. The number of methoxy groups -OCH3 is 1. The van der Waals surface area contributed by atoms with Crippen LogP contribution in [0.5, 0.6) is 11.5 Å². The number of hydrogen-bond donors (Lipinski definition) is 3. The normalized spacial score (nSPS) is 27.3. The van der Waals surface area contributed by atoms with Crippen molar-refractivity contribution in [2.45, 2.75) is 138 Å². The number of carbonyl (C=O) groups excluding carboxylic acids is 4. The molecule has 2 saturated carbocycles. The zero-order valence-corrected chi connectivity index (χ0v) is 35.2. The van der Waals surface area contributed by atoms with Crippen molar-refractivity contribution in [3.8, 4) is 22.8 Å². The van der Waals surface area contributed by atoms with Crippen molar-refractivity contribution in [3.63, 3.8) is 0 Å². The Kier molecular flexibility index (Phi) is 12.5. The van der Waals surface area contributed by atoms with Gasteiger partial charge in [-0.2, -0.15) is 0 Å². The number of nitrogens with zero attached hydrogens (tertiary/aromatic N) is 2. The molecule has 2 aromatic carbocycles. The van der Waals surface area contributed by atoms with Gasteiger partial charge < -0.3 is 29.7 Å². The molecule has 60 heavy (non-hydrogen) atoms. The SMILES string of the molecule is COc1cc2nc(-c3ccccc3)cc3c2cc1CCCCCCCOC(=O)N[C@H]1CCCCCCC[C@H]2C[C@@]2(C(=O)NS(=O)(=O)C2CC2)NC(=O)[C@@H]2C[C@H](CN2C1=O)O3. The standard InChI is InChI=1S/C45H57N5O9S/c1-57-39-26-37-34-23-30(39)17-9-4-3-7-14-22-58-44(54)47-35-19-13-6-2-5-12-18-31-27-45(31,43(53)49-60(55,56)33-20-21-33)48-41(51)38-24-32(28-50(38)42(35)52)59-40(34)25-36(46-37)29-15-10-8-11-16-29/h8,10-11,15-16,23,25-26,31-33,35,38H,2-7,9,12-14,17-22,24,27-28H2,1H3,(H,47,54)(H,48,51)(H,49,53)/t31-,32+,35-,38-,45+/m0/s1. The third kappa shape index (κ3) is 9.35. The second-order valence-corrected chi connectivity index (χ2v) is 19.2. The van der Waals surface area contributed by atoms with Crippen molar-refractivity contribution in [1.82, 2.24) is 25.2 Å². The van der Waals surface area contributed by atoms with Crippen molar-refractivity contribution >= 4 is 44.7 Å². The maximum absolute atomic E-state index is 14.7. The molecule has 2 aliphatic carbocycles. The minimum absolute atomic E-state index is 0.0241. The van der Waals surface area contributed by atoms with E-state index in [1.165, 1.54) is 4.90 Å². The van der Waals surface area contributed by atoms with Gasteiger partial charge in [0.1, 0.15) is 35.2 Å². The number of amides is 4. The smallest absolute Gasteiger partial charge is 0.407 e. The first-order valence-electron chi connectivity index (χ1n) is 21.9. The van der Waals surface area contributed by atoms with Crippen molar-refractivity contribution < 1.29 is 41.8 Å². The first-order chi connectivity index (χ1) is 29.0. The van der Waals surface area contributed by atoms with E-state index in [-0.39, 0.29) is 25.5 Å². The summed E-state index contributed by atoms with van der Waals surface area (Å²) in [4.78, 5) is 63.0. The number of alkyl carbamates (subject to hydrolysis) is 1. The quantitative estimate of drug-likeness (QED) is 0.272. The molecule has 15 heteroatoms.